The largest absolute Gasteiger partial charge is 0.312 e. The first-order chi connectivity index (χ1) is 8.18. The minimum Gasteiger partial charge on any atom is -0.312 e. The highest BCUT2D eigenvalue weighted by Crippen LogP contribution is 2.17. The smallest absolute Gasteiger partial charge is 0.266 e. The molecule has 4 nitrogen and oxygen atoms in total. The molecule has 0 aromatic carbocycles. The van der Waals surface area contributed by atoms with E-state index in [1.54, 1.807) is 10.8 Å². The minimum atomic E-state index is 0.0753. The Morgan fingerprint density at radius 1 is 1.53 bits per heavy atom. The summed E-state index contributed by atoms with van der Waals surface area (Å²) < 4.78 is 2.44. The normalized spacial score (nSPS) is 16.6. The predicted octanol–water partition coefficient (Wildman–Crippen LogP) is 1.69. The van der Waals surface area contributed by atoms with Crippen LogP contribution in [-0.4, -0.2) is 22.1 Å². The second-order valence-corrected chi connectivity index (χ2v) is 5.71. The lowest BCUT2D eigenvalue weighted by Gasteiger charge is -2.14. The first kappa shape index (κ1) is 13.0. The van der Waals surface area contributed by atoms with Crippen LogP contribution in [0.4, 0.5) is 0 Å². The Hall–Kier alpha value is -0.430. The van der Waals surface area contributed by atoms with E-state index in [1.165, 1.54) is 25.7 Å². The first-order valence-electron chi connectivity index (χ1n) is 6.14. The van der Waals surface area contributed by atoms with Crippen LogP contribution in [0.15, 0.2) is 11.0 Å². The topological polar surface area (TPSA) is 46.9 Å². The van der Waals surface area contributed by atoms with Crippen molar-refractivity contribution in [2.24, 2.45) is 0 Å². The van der Waals surface area contributed by atoms with E-state index in [0.29, 0.717) is 16.2 Å². The molecule has 17 heavy (non-hydrogen) atoms. The molecule has 0 unspecified atom stereocenters. The fraction of sp³-hybridized carbons (Fsp3) is 0.667. The molecule has 1 aliphatic rings. The molecular formula is C12H18IN3O. The molecule has 0 atom stereocenters. The summed E-state index contributed by atoms with van der Waals surface area (Å²) in [6.07, 6.45) is 6.86. The lowest BCUT2D eigenvalue weighted by Crippen LogP contribution is -2.34. The van der Waals surface area contributed by atoms with Crippen molar-refractivity contribution in [3.63, 3.8) is 0 Å². The maximum absolute atomic E-state index is 11.9. The average Bonchev–Trinajstić information content (AvgIpc) is 2.81. The molecule has 1 N–H and O–H groups in total. The summed E-state index contributed by atoms with van der Waals surface area (Å²) in [7, 11) is 0. The zero-order chi connectivity index (χ0) is 12.3. The van der Waals surface area contributed by atoms with Crippen molar-refractivity contribution >= 4 is 22.6 Å². The fourth-order valence-corrected chi connectivity index (χ4v) is 2.76. The van der Waals surface area contributed by atoms with Crippen molar-refractivity contribution in [3.05, 3.63) is 25.9 Å². The molecule has 0 spiro atoms. The molecule has 1 saturated carbocycles. The van der Waals surface area contributed by atoms with E-state index in [4.69, 9.17) is 0 Å². The number of hydrogen-bond acceptors (Lipinski definition) is 3. The Labute approximate surface area is 115 Å². The molecule has 1 aromatic heterocycles. The number of aryl methyl sites for hydroxylation is 1. The molecule has 1 aromatic rings. The van der Waals surface area contributed by atoms with Gasteiger partial charge in [-0.2, -0.15) is 0 Å². The lowest BCUT2D eigenvalue weighted by atomic mass is 10.2. The van der Waals surface area contributed by atoms with Crippen LogP contribution in [0.2, 0.25) is 0 Å². The Kier molecular flexibility index (Phi) is 4.55. The molecule has 94 valence electrons. The van der Waals surface area contributed by atoms with Crippen molar-refractivity contribution in [2.75, 3.05) is 6.54 Å². The van der Waals surface area contributed by atoms with Gasteiger partial charge in [0.1, 0.15) is 5.82 Å². The number of rotatable bonds is 4. The Bertz CT molecular complexity index is 438. The number of halogens is 1. The van der Waals surface area contributed by atoms with Crippen LogP contribution < -0.4 is 10.9 Å². The van der Waals surface area contributed by atoms with Crippen LogP contribution in [-0.2, 0) is 6.54 Å². The SMILES string of the molecule is Cc1ncc(I)c(=O)n1CCNC1CCCC1. The van der Waals surface area contributed by atoms with E-state index in [1.807, 2.05) is 29.5 Å². The second kappa shape index (κ2) is 5.95. The molecule has 0 radical (unpaired) electrons. The number of hydrogen-bond donors (Lipinski definition) is 1. The van der Waals surface area contributed by atoms with Gasteiger partial charge in [0.15, 0.2) is 0 Å². The van der Waals surface area contributed by atoms with Gasteiger partial charge in [-0.05, 0) is 42.4 Å². The van der Waals surface area contributed by atoms with Crippen LogP contribution in [0.5, 0.6) is 0 Å². The standard InChI is InChI=1S/C12H18IN3O/c1-9-15-8-11(13)12(17)16(9)7-6-14-10-4-2-3-5-10/h8,10,14H,2-7H2,1H3. The molecule has 0 amide bonds. The molecule has 5 heteroatoms. The Morgan fingerprint density at radius 2 is 2.24 bits per heavy atom. The third-order valence-electron chi connectivity index (χ3n) is 3.33. The molecule has 1 fully saturated rings. The van der Waals surface area contributed by atoms with Gasteiger partial charge in [-0.3, -0.25) is 9.36 Å². The summed E-state index contributed by atoms with van der Waals surface area (Å²) in [6.45, 7) is 3.45. The van der Waals surface area contributed by atoms with Crippen LogP contribution in [0.1, 0.15) is 31.5 Å². The monoisotopic (exact) mass is 347 g/mol. The average molecular weight is 347 g/mol. The summed E-state index contributed by atoms with van der Waals surface area (Å²) in [6, 6.07) is 0.654. The van der Waals surface area contributed by atoms with Crippen LogP contribution in [0.25, 0.3) is 0 Å². The lowest BCUT2D eigenvalue weighted by molar-refractivity contribution is 0.485. The van der Waals surface area contributed by atoms with Crippen molar-refractivity contribution in [1.29, 1.82) is 0 Å². The molecule has 0 saturated heterocycles. The maximum Gasteiger partial charge on any atom is 0.266 e. The minimum absolute atomic E-state index is 0.0753. The van der Waals surface area contributed by atoms with Crippen molar-refractivity contribution in [1.82, 2.24) is 14.9 Å². The molecule has 1 heterocycles. The summed E-state index contributed by atoms with van der Waals surface area (Å²) >= 11 is 2.04. The van der Waals surface area contributed by atoms with Crippen LogP contribution in [0, 0.1) is 10.5 Å². The van der Waals surface area contributed by atoms with Crippen molar-refractivity contribution < 1.29 is 0 Å². The van der Waals surface area contributed by atoms with Gasteiger partial charge >= 0.3 is 0 Å². The predicted molar refractivity (Wildman–Crippen MR) is 76.2 cm³/mol. The van der Waals surface area contributed by atoms with Gasteiger partial charge < -0.3 is 5.32 Å². The molecule has 2 rings (SSSR count). The Morgan fingerprint density at radius 3 is 2.94 bits per heavy atom. The molecule has 1 aliphatic carbocycles. The van der Waals surface area contributed by atoms with Gasteiger partial charge in [0.05, 0.1) is 3.57 Å². The summed E-state index contributed by atoms with van der Waals surface area (Å²) in [5, 5.41) is 3.51. The summed E-state index contributed by atoms with van der Waals surface area (Å²) in [5.41, 5.74) is 0.0753. The van der Waals surface area contributed by atoms with Gasteiger partial charge in [-0.1, -0.05) is 12.8 Å². The van der Waals surface area contributed by atoms with Gasteiger partial charge in [0.2, 0.25) is 0 Å². The van der Waals surface area contributed by atoms with Crippen LogP contribution in [0.3, 0.4) is 0 Å². The van der Waals surface area contributed by atoms with Crippen molar-refractivity contribution in [2.45, 2.75) is 45.2 Å². The van der Waals surface area contributed by atoms with Crippen molar-refractivity contribution in [3.8, 4) is 0 Å². The molecule has 0 bridgehead atoms. The number of nitrogens with one attached hydrogen (secondary N) is 1. The third-order valence-corrected chi connectivity index (χ3v) is 4.07. The Balaban J connectivity index is 1.94. The van der Waals surface area contributed by atoms with Gasteiger partial charge in [0, 0.05) is 25.3 Å². The summed E-state index contributed by atoms with van der Waals surface area (Å²) in [4.78, 5) is 16.1. The third kappa shape index (κ3) is 3.28. The highest BCUT2D eigenvalue weighted by atomic mass is 127. The fourth-order valence-electron chi connectivity index (χ4n) is 2.32. The number of nitrogens with zero attached hydrogens (tertiary/aromatic N) is 2. The van der Waals surface area contributed by atoms with Gasteiger partial charge in [-0.15, -0.1) is 0 Å². The van der Waals surface area contributed by atoms with E-state index in [0.717, 1.165) is 12.4 Å². The first-order valence-corrected chi connectivity index (χ1v) is 7.21. The van der Waals surface area contributed by atoms with Gasteiger partial charge in [-0.25, -0.2) is 4.98 Å². The highest BCUT2D eigenvalue weighted by molar-refractivity contribution is 14.1. The van der Waals surface area contributed by atoms with E-state index in [-0.39, 0.29) is 5.56 Å². The zero-order valence-electron chi connectivity index (χ0n) is 10.1. The van der Waals surface area contributed by atoms with E-state index >= 15 is 0 Å². The molecular weight excluding hydrogens is 329 g/mol. The zero-order valence-corrected chi connectivity index (χ0v) is 12.2. The highest BCUT2D eigenvalue weighted by Gasteiger charge is 2.14. The quantitative estimate of drug-likeness (QED) is 0.844. The second-order valence-electron chi connectivity index (χ2n) is 4.55. The molecule has 0 aliphatic heterocycles. The maximum atomic E-state index is 11.9. The van der Waals surface area contributed by atoms with E-state index < -0.39 is 0 Å². The van der Waals surface area contributed by atoms with E-state index in [2.05, 4.69) is 10.3 Å². The van der Waals surface area contributed by atoms with E-state index in [9.17, 15) is 4.79 Å². The number of aromatic nitrogens is 2. The van der Waals surface area contributed by atoms with Gasteiger partial charge in [0.25, 0.3) is 5.56 Å². The summed E-state index contributed by atoms with van der Waals surface area (Å²) in [5.74, 6) is 0.795. The van der Waals surface area contributed by atoms with Crippen LogP contribution >= 0.6 is 22.6 Å².